The van der Waals surface area contributed by atoms with Crippen molar-refractivity contribution in [2.75, 3.05) is 0 Å². The molecule has 0 bridgehead atoms. The van der Waals surface area contributed by atoms with Gasteiger partial charge in [0, 0.05) is 0 Å². The zero-order valence-corrected chi connectivity index (χ0v) is 8.61. The molecule has 0 N–H and O–H groups in total. The first-order chi connectivity index (χ1) is 7.33. The summed E-state index contributed by atoms with van der Waals surface area (Å²) in [5.74, 6) is 0. The summed E-state index contributed by atoms with van der Waals surface area (Å²) in [7, 11) is 0. The predicted octanol–water partition coefficient (Wildman–Crippen LogP) is 4.18. The Kier molecular flexibility index (Phi) is 2.68. The minimum Gasteiger partial charge on any atom is -0.0984 e. The third kappa shape index (κ3) is 1.84. The van der Waals surface area contributed by atoms with E-state index >= 15 is 0 Å². The van der Waals surface area contributed by atoms with Gasteiger partial charge in [-0.25, -0.2) is 0 Å². The number of rotatable bonds is 2. The van der Waals surface area contributed by atoms with Crippen LogP contribution in [0.25, 0.3) is 17.2 Å². The maximum absolute atomic E-state index is 4.04. The second kappa shape index (κ2) is 4.14. The molecule has 1 radical (unpaired) electrons. The molecule has 0 heteroatoms. The van der Waals surface area contributed by atoms with Gasteiger partial charge < -0.3 is 0 Å². The van der Waals surface area contributed by atoms with Gasteiger partial charge >= 0.3 is 0 Å². The minimum absolute atomic E-state index is 1.05. The molecule has 2 aromatic rings. The smallest absolute Gasteiger partial charge is 0.0109 e. The molecule has 0 unspecified atom stereocenters. The molecule has 2 rings (SSSR count). The van der Waals surface area contributed by atoms with Gasteiger partial charge in [0.2, 0.25) is 0 Å². The van der Waals surface area contributed by atoms with Gasteiger partial charge in [0.05, 0.1) is 0 Å². The maximum Gasteiger partial charge on any atom is -0.0109 e. The summed E-state index contributed by atoms with van der Waals surface area (Å²) in [5.41, 5.74) is 4.56. The molecule has 0 aliphatic rings. The fourth-order valence-corrected chi connectivity index (χ4v) is 1.70. The highest BCUT2D eigenvalue weighted by molar-refractivity contribution is 5.77. The zero-order chi connectivity index (χ0) is 10.7. The molecule has 0 aliphatic heterocycles. The zero-order valence-electron chi connectivity index (χ0n) is 8.61. The van der Waals surface area contributed by atoms with Gasteiger partial charge in [0.15, 0.2) is 0 Å². The van der Waals surface area contributed by atoms with Crippen LogP contribution in [0.4, 0.5) is 0 Å². The van der Waals surface area contributed by atoms with Crippen LogP contribution in [0.1, 0.15) is 11.1 Å². The molecular weight excluding hydrogens is 180 g/mol. The van der Waals surface area contributed by atoms with Crippen LogP contribution in [0.3, 0.4) is 0 Å². The van der Waals surface area contributed by atoms with E-state index in [1.54, 1.807) is 0 Å². The monoisotopic (exact) mass is 193 g/mol. The summed E-state index contributed by atoms with van der Waals surface area (Å²) in [6.45, 7) is 7.86. The Labute approximate surface area is 90.9 Å². The third-order valence-electron chi connectivity index (χ3n) is 2.49. The topological polar surface area (TPSA) is 0 Å². The highest BCUT2D eigenvalue weighted by Crippen LogP contribution is 2.26. The van der Waals surface area contributed by atoms with Gasteiger partial charge in [-0.2, -0.15) is 0 Å². The standard InChI is InChI=1S/C15H13/c1-3-13-9-5-7-11-15(13)14-10-6-4-8-12(14)2/h3-11H,1-2H2. The first-order valence-electron chi connectivity index (χ1n) is 4.96. The van der Waals surface area contributed by atoms with Crippen LogP contribution in [0.5, 0.6) is 0 Å². The highest BCUT2D eigenvalue weighted by Gasteiger charge is 2.03. The van der Waals surface area contributed by atoms with Crippen LogP contribution in [-0.2, 0) is 0 Å². The van der Waals surface area contributed by atoms with Crippen LogP contribution in [0, 0.1) is 6.92 Å². The molecule has 0 atom stereocenters. The van der Waals surface area contributed by atoms with Crippen molar-refractivity contribution in [1.82, 2.24) is 0 Å². The Bertz CT molecular complexity index is 481. The van der Waals surface area contributed by atoms with E-state index in [1.807, 2.05) is 36.4 Å². The quantitative estimate of drug-likeness (QED) is 0.671. The van der Waals surface area contributed by atoms with Crippen molar-refractivity contribution in [2.24, 2.45) is 0 Å². The summed E-state index contributed by atoms with van der Waals surface area (Å²) < 4.78 is 0. The van der Waals surface area contributed by atoms with Crippen LogP contribution < -0.4 is 0 Å². The first-order valence-corrected chi connectivity index (χ1v) is 4.96. The van der Waals surface area contributed by atoms with Crippen LogP contribution >= 0.6 is 0 Å². The van der Waals surface area contributed by atoms with E-state index in [0.29, 0.717) is 0 Å². The summed E-state index contributed by atoms with van der Waals surface area (Å²) in [6, 6.07) is 16.4. The summed E-state index contributed by atoms with van der Waals surface area (Å²) in [5, 5.41) is 0. The van der Waals surface area contributed by atoms with Gasteiger partial charge in [-0.3, -0.25) is 0 Å². The first kappa shape index (κ1) is 9.72. The Balaban J connectivity index is 2.64. The molecular formula is C15H13. The molecule has 0 aliphatic carbocycles. The minimum atomic E-state index is 1.05. The molecule has 0 aromatic heterocycles. The Morgan fingerprint density at radius 3 is 2.07 bits per heavy atom. The Morgan fingerprint density at radius 2 is 1.40 bits per heavy atom. The van der Waals surface area contributed by atoms with E-state index in [4.69, 9.17) is 0 Å². The van der Waals surface area contributed by atoms with Gasteiger partial charge in [-0.15, -0.1) is 0 Å². The van der Waals surface area contributed by atoms with E-state index in [2.05, 4.69) is 31.7 Å². The molecule has 0 spiro atoms. The summed E-state index contributed by atoms with van der Waals surface area (Å²) in [4.78, 5) is 0. The van der Waals surface area contributed by atoms with Gasteiger partial charge in [-0.1, -0.05) is 61.2 Å². The number of benzene rings is 2. The van der Waals surface area contributed by atoms with Gasteiger partial charge in [-0.05, 0) is 29.2 Å². The van der Waals surface area contributed by atoms with Crippen molar-refractivity contribution in [3.63, 3.8) is 0 Å². The number of hydrogen-bond acceptors (Lipinski definition) is 0. The lowest BCUT2D eigenvalue weighted by atomic mass is 9.96. The highest BCUT2D eigenvalue weighted by atomic mass is 14.1. The molecule has 73 valence electrons. The average Bonchev–Trinajstić information content (AvgIpc) is 2.30. The van der Waals surface area contributed by atoms with Crippen LogP contribution in [0.15, 0.2) is 55.1 Å². The lowest BCUT2D eigenvalue weighted by Crippen LogP contribution is -1.85. The third-order valence-corrected chi connectivity index (χ3v) is 2.49. The molecule has 0 nitrogen and oxygen atoms in total. The molecule has 0 saturated carbocycles. The Morgan fingerprint density at radius 1 is 0.800 bits per heavy atom. The normalized spacial score (nSPS) is 9.93. The lowest BCUT2D eigenvalue weighted by Gasteiger charge is -2.08. The van der Waals surface area contributed by atoms with Crippen LogP contribution in [0.2, 0.25) is 0 Å². The molecule has 0 fully saturated rings. The second-order valence-corrected chi connectivity index (χ2v) is 3.45. The van der Waals surface area contributed by atoms with E-state index in [9.17, 15) is 0 Å². The van der Waals surface area contributed by atoms with E-state index in [-0.39, 0.29) is 0 Å². The molecule has 0 saturated heterocycles. The van der Waals surface area contributed by atoms with E-state index in [0.717, 1.165) is 11.1 Å². The fraction of sp³-hybridized carbons (Fsp3) is 0. The molecule has 0 amide bonds. The molecule has 2 aromatic carbocycles. The summed E-state index contributed by atoms with van der Waals surface area (Å²) in [6.07, 6.45) is 1.88. The summed E-state index contributed by atoms with van der Waals surface area (Å²) >= 11 is 0. The van der Waals surface area contributed by atoms with Crippen LogP contribution in [-0.4, -0.2) is 0 Å². The molecule has 15 heavy (non-hydrogen) atoms. The van der Waals surface area contributed by atoms with Crippen molar-refractivity contribution >= 4 is 6.08 Å². The SMILES string of the molecule is [CH2]c1ccccc1-c1ccccc1C=C. The fourth-order valence-electron chi connectivity index (χ4n) is 1.70. The maximum atomic E-state index is 4.04. The van der Waals surface area contributed by atoms with Crippen molar-refractivity contribution in [3.8, 4) is 11.1 Å². The van der Waals surface area contributed by atoms with Crippen molar-refractivity contribution < 1.29 is 0 Å². The lowest BCUT2D eigenvalue weighted by molar-refractivity contribution is 1.55. The Hall–Kier alpha value is -1.82. The second-order valence-electron chi connectivity index (χ2n) is 3.45. The van der Waals surface area contributed by atoms with Gasteiger partial charge in [0.1, 0.15) is 0 Å². The largest absolute Gasteiger partial charge is 0.0984 e. The van der Waals surface area contributed by atoms with Crippen molar-refractivity contribution in [2.45, 2.75) is 0 Å². The predicted molar refractivity (Wildman–Crippen MR) is 66.4 cm³/mol. The van der Waals surface area contributed by atoms with E-state index < -0.39 is 0 Å². The van der Waals surface area contributed by atoms with Gasteiger partial charge in [0.25, 0.3) is 0 Å². The van der Waals surface area contributed by atoms with Crippen molar-refractivity contribution in [3.05, 3.63) is 73.2 Å². The van der Waals surface area contributed by atoms with Crippen molar-refractivity contribution in [1.29, 1.82) is 0 Å². The average molecular weight is 193 g/mol. The molecule has 0 heterocycles. The number of hydrogen-bond donors (Lipinski definition) is 0. The van der Waals surface area contributed by atoms with E-state index in [1.165, 1.54) is 11.1 Å².